The van der Waals surface area contributed by atoms with Crippen LogP contribution in [0.3, 0.4) is 0 Å². The minimum Gasteiger partial charge on any atom is -0.495 e. The van der Waals surface area contributed by atoms with E-state index in [0.29, 0.717) is 21.4 Å². The molecule has 78 valence electrons. The summed E-state index contributed by atoms with van der Waals surface area (Å²) in [4.78, 5) is 0. The van der Waals surface area contributed by atoms with Crippen molar-refractivity contribution in [1.29, 1.82) is 0 Å². The molecule has 3 N–H and O–H groups in total. The van der Waals surface area contributed by atoms with E-state index < -0.39 is 6.04 Å². The van der Waals surface area contributed by atoms with Crippen LogP contribution in [0.2, 0.25) is 10.0 Å². The standard InChI is InChI=1S/C9H11Cl2NO2/c1-14-9-2-5(8(12)4-13)6(10)3-7(9)11/h2-3,8,13H,4,12H2,1H3. The van der Waals surface area contributed by atoms with Gasteiger partial charge in [0, 0.05) is 5.02 Å². The van der Waals surface area contributed by atoms with Crippen LogP contribution in [0.15, 0.2) is 12.1 Å². The first-order valence-electron chi connectivity index (χ1n) is 3.99. The molecule has 0 aliphatic heterocycles. The van der Waals surface area contributed by atoms with Gasteiger partial charge in [-0.15, -0.1) is 0 Å². The molecule has 1 unspecified atom stereocenters. The van der Waals surface area contributed by atoms with Crippen molar-refractivity contribution in [2.24, 2.45) is 5.73 Å². The van der Waals surface area contributed by atoms with Crippen molar-refractivity contribution >= 4 is 23.2 Å². The molecule has 5 heteroatoms. The molecular formula is C9H11Cl2NO2. The molecule has 0 radical (unpaired) electrons. The van der Waals surface area contributed by atoms with E-state index in [4.69, 9.17) is 38.8 Å². The molecule has 0 bridgehead atoms. The van der Waals surface area contributed by atoms with E-state index in [2.05, 4.69) is 0 Å². The number of benzene rings is 1. The molecule has 3 nitrogen and oxygen atoms in total. The zero-order valence-corrected chi connectivity index (χ0v) is 9.14. The summed E-state index contributed by atoms with van der Waals surface area (Å²) in [5.74, 6) is 0.495. The first-order valence-corrected chi connectivity index (χ1v) is 4.75. The molecular weight excluding hydrogens is 225 g/mol. The van der Waals surface area contributed by atoms with E-state index in [1.807, 2.05) is 0 Å². The van der Waals surface area contributed by atoms with Gasteiger partial charge in [-0.3, -0.25) is 0 Å². The van der Waals surface area contributed by atoms with Crippen LogP contribution in [0.25, 0.3) is 0 Å². The number of methoxy groups -OCH3 is 1. The SMILES string of the molecule is COc1cc(C(N)CO)c(Cl)cc1Cl. The molecule has 0 saturated carbocycles. The van der Waals surface area contributed by atoms with E-state index >= 15 is 0 Å². The maximum atomic E-state index is 8.89. The maximum absolute atomic E-state index is 8.89. The molecule has 1 rings (SSSR count). The highest BCUT2D eigenvalue weighted by Gasteiger charge is 2.13. The molecule has 1 aromatic carbocycles. The molecule has 1 atom stereocenters. The van der Waals surface area contributed by atoms with Gasteiger partial charge in [-0.1, -0.05) is 23.2 Å². The van der Waals surface area contributed by atoms with Gasteiger partial charge in [-0.05, 0) is 17.7 Å². The summed E-state index contributed by atoms with van der Waals surface area (Å²) < 4.78 is 5.01. The van der Waals surface area contributed by atoms with Crippen molar-refractivity contribution in [3.63, 3.8) is 0 Å². The Hall–Kier alpha value is -0.480. The average molecular weight is 236 g/mol. The fraction of sp³-hybridized carbons (Fsp3) is 0.333. The van der Waals surface area contributed by atoms with Crippen LogP contribution in [-0.4, -0.2) is 18.8 Å². The third-order valence-corrected chi connectivity index (χ3v) is 2.49. The lowest BCUT2D eigenvalue weighted by atomic mass is 10.1. The zero-order valence-electron chi connectivity index (χ0n) is 7.63. The number of rotatable bonds is 3. The number of aliphatic hydroxyl groups is 1. The molecule has 0 saturated heterocycles. The van der Waals surface area contributed by atoms with Crippen molar-refractivity contribution in [2.45, 2.75) is 6.04 Å². The number of ether oxygens (including phenoxy) is 1. The molecule has 0 aliphatic rings. The van der Waals surface area contributed by atoms with E-state index in [9.17, 15) is 0 Å². The quantitative estimate of drug-likeness (QED) is 0.843. The van der Waals surface area contributed by atoms with Crippen LogP contribution < -0.4 is 10.5 Å². The molecule has 0 spiro atoms. The second-order valence-electron chi connectivity index (χ2n) is 2.80. The van der Waals surface area contributed by atoms with E-state index in [1.54, 1.807) is 12.1 Å². The summed E-state index contributed by atoms with van der Waals surface area (Å²) >= 11 is 11.7. The van der Waals surface area contributed by atoms with Gasteiger partial charge in [-0.2, -0.15) is 0 Å². The molecule has 14 heavy (non-hydrogen) atoms. The third kappa shape index (κ3) is 2.30. The van der Waals surface area contributed by atoms with Gasteiger partial charge in [0.2, 0.25) is 0 Å². The van der Waals surface area contributed by atoms with Crippen molar-refractivity contribution in [3.05, 3.63) is 27.7 Å². The minimum atomic E-state index is -0.520. The lowest BCUT2D eigenvalue weighted by Gasteiger charge is -2.13. The predicted octanol–water partition coefficient (Wildman–Crippen LogP) is 1.99. The van der Waals surface area contributed by atoms with Crippen LogP contribution >= 0.6 is 23.2 Å². The highest BCUT2D eigenvalue weighted by molar-refractivity contribution is 6.36. The van der Waals surface area contributed by atoms with Crippen LogP contribution in [0.1, 0.15) is 11.6 Å². The van der Waals surface area contributed by atoms with Gasteiger partial charge in [0.1, 0.15) is 5.75 Å². The van der Waals surface area contributed by atoms with Crippen molar-refractivity contribution in [3.8, 4) is 5.75 Å². The Labute approximate surface area is 92.4 Å². The number of hydrogen-bond donors (Lipinski definition) is 2. The Kier molecular flexibility index (Phi) is 4.01. The lowest BCUT2D eigenvalue weighted by Crippen LogP contribution is -2.15. The van der Waals surface area contributed by atoms with Crippen molar-refractivity contribution < 1.29 is 9.84 Å². The summed E-state index contributed by atoms with van der Waals surface area (Å²) in [6.45, 7) is -0.176. The summed E-state index contributed by atoms with van der Waals surface area (Å²) in [7, 11) is 1.50. The summed E-state index contributed by atoms with van der Waals surface area (Å²) in [5.41, 5.74) is 6.26. The predicted molar refractivity (Wildman–Crippen MR) is 57.0 cm³/mol. The van der Waals surface area contributed by atoms with Crippen molar-refractivity contribution in [1.82, 2.24) is 0 Å². The zero-order chi connectivity index (χ0) is 10.7. The number of nitrogens with two attached hydrogens (primary N) is 1. The lowest BCUT2D eigenvalue weighted by molar-refractivity contribution is 0.267. The monoisotopic (exact) mass is 235 g/mol. The van der Waals surface area contributed by atoms with Crippen molar-refractivity contribution in [2.75, 3.05) is 13.7 Å². The first-order chi connectivity index (χ1) is 6.60. The maximum Gasteiger partial charge on any atom is 0.137 e. The fourth-order valence-electron chi connectivity index (χ4n) is 1.08. The van der Waals surface area contributed by atoms with E-state index in [1.165, 1.54) is 7.11 Å². The van der Waals surface area contributed by atoms with Gasteiger partial charge in [0.25, 0.3) is 0 Å². The molecule has 0 amide bonds. The third-order valence-electron chi connectivity index (χ3n) is 1.87. The Morgan fingerprint density at radius 2 is 2.07 bits per heavy atom. The first kappa shape index (κ1) is 11.6. The topological polar surface area (TPSA) is 55.5 Å². The normalized spacial score (nSPS) is 12.6. The van der Waals surface area contributed by atoms with Gasteiger partial charge >= 0.3 is 0 Å². The Morgan fingerprint density at radius 1 is 1.43 bits per heavy atom. The largest absolute Gasteiger partial charge is 0.495 e. The van der Waals surface area contributed by atoms with Crippen LogP contribution in [0.5, 0.6) is 5.75 Å². The Balaban J connectivity index is 3.17. The second-order valence-corrected chi connectivity index (χ2v) is 3.61. The summed E-state index contributed by atoms with van der Waals surface area (Å²) in [5, 5.41) is 9.74. The molecule has 0 fully saturated rings. The second kappa shape index (κ2) is 4.84. The Bertz CT molecular complexity index is 331. The highest BCUT2D eigenvalue weighted by Crippen LogP contribution is 2.33. The number of aliphatic hydroxyl groups excluding tert-OH is 1. The molecule has 1 aromatic rings. The van der Waals surface area contributed by atoms with Gasteiger partial charge in [0.15, 0.2) is 0 Å². The fourth-order valence-corrected chi connectivity index (χ4v) is 1.68. The van der Waals surface area contributed by atoms with Crippen LogP contribution in [0.4, 0.5) is 0 Å². The molecule has 0 aliphatic carbocycles. The minimum absolute atomic E-state index is 0.176. The summed E-state index contributed by atoms with van der Waals surface area (Å²) in [6, 6.07) is 2.66. The van der Waals surface area contributed by atoms with Gasteiger partial charge < -0.3 is 15.6 Å². The number of halogens is 2. The molecule has 0 heterocycles. The highest BCUT2D eigenvalue weighted by atomic mass is 35.5. The Morgan fingerprint density at radius 3 is 2.57 bits per heavy atom. The van der Waals surface area contributed by atoms with Crippen LogP contribution in [-0.2, 0) is 0 Å². The van der Waals surface area contributed by atoms with E-state index in [0.717, 1.165) is 0 Å². The average Bonchev–Trinajstić information content (AvgIpc) is 2.17. The number of hydrogen-bond acceptors (Lipinski definition) is 3. The summed E-state index contributed by atoms with van der Waals surface area (Å²) in [6.07, 6.45) is 0. The van der Waals surface area contributed by atoms with E-state index in [-0.39, 0.29) is 6.61 Å². The van der Waals surface area contributed by atoms with Gasteiger partial charge in [-0.25, -0.2) is 0 Å². The van der Waals surface area contributed by atoms with Gasteiger partial charge in [0.05, 0.1) is 24.8 Å². The van der Waals surface area contributed by atoms with Crippen LogP contribution in [0, 0.1) is 0 Å². The smallest absolute Gasteiger partial charge is 0.137 e. The molecule has 0 aromatic heterocycles.